The fourth-order valence-electron chi connectivity index (χ4n) is 1.91. The molecular weight excluding hydrogens is 345 g/mol. The van der Waals surface area contributed by atoms with Crippen LogP contribution in [0.3, 0.4) is 0 Å². The molecule has 128 valence electrons. The molecular formula is C19H21Cl2NO2. The first-order valence-corrected chi connectivity index (χ1v) is 8.42. The maximum Gasteiger partial charge on any atom is 0.309 e. The van der Waals surface area contributed by atoms with Gasteiger partial charge in [0.2, 0.25) is 0 Å². The Morgan fingerprint density at radius 2 is 1.88 bits per heavy atom. The summed E-state index contributed by atoms with van der Waals surface area (Å²) in [5.74, 6) is 0.0393. The molecule has 2 aromatic rings. The number of pyridine rings is 1. The van der Waals surface area contributed by atoms with Crippen LogP contribution in [0.2, 0.25) is 10.0 Å². The van der Waals surface area contributed by atoms with E-state index in [0.29, 0.717) is 11.6 Å². The van der Waals surface area contributed by atoms with Gasteiger partial charge in [-0.05, 0) is 43.5 Å². The van der Waals surface area contributed by atoms with Crippen molar-refractivity contribution in [1.82, 2.24) is 4.98 Å². The van der Waals surface area contributed by atoms with Crippen LogP contribution in [-0.2, 0) is 9.53 Å². The molecule has 24 heavy (non-hydrogen) atoms. The number of aromatic nitrogens is 1. The Balaban J connectivity index is 0.000000185. The van der Waals surface area contributed by atoms with Gasteiger partial charge in [-0.15, -0.1) is 6.58 Å². The molecule has 1 aromatic heterocycles. The predicted molar refractivity (Wildman–Crippen MR) is 99.2 cm³/mol. The van der Waals surface area contributed by atoms with Gasteiger partial charge in [0, 0.05) is 17.4 Å². The Labute approximate surface area is 153 Å². The molecule has 2 heterocycles. The van der Waals surface area contributed by atoms with E-state index in [4.69, 9.17) is 27.9 Å². The highest BCUT2D eigenvalue weighted by Crippen LogP contribution is 2.18. The number of esters is 1. The second-order valence-corrected chi connectivity index (χ2v) is 5.87. The Kier molecular flexibility index (Phi) is 10.6. The zero-order valence-electron chi connectivity index (χ0n) is 13.4. The number of allylic oxidation sites excluding steroid dienone is 1. The van der Waals surface area contributed by atoms with Gasteiger partial charge in [-0.3, -0.25) is 9.78 Å². The molecule has 0 N–H and O–H groups in total. The molecule has 0 spiro atoms. The van der Waals surface area contributed by atoms with Gasteiger partial charge in [0.05, 0.1) is 17.5 Å². The lowest BCUT2D eigenvalue weighted by Crippen LogP contribution is -2.23. The minimum atomic E-state index is -0.0499. The van der Waals surface area contributed by atoms with Crippen LogP contribution in [0.25, 0.3) is 0 Å². The molecule has 1 aromatic carbocycles. The number of nitrogens with zero attached hydrogens (tertiary/aromatic N) is 1. The van der Waals surface area contributed by atoms with E-state index in [0.717, 1.165) is 24.3 Å². The van der Waals surface area contributed by atoms with E-state index in [2.05, 4.69) is 11.6 Å². The number of carbonyl (C=O) groups excluding carboxylic acids is 1. The number of halogens is 2. The molecule has 5 heteroatoms. The first-order valence-electron chi connectivity index (χ1n) is 7.67. The lowest BCUT2D eigenvalue weighted by Gasteiger charge is -2.18. The maximum absolute atomic E-state index is 10.9. The van der Waals surface area contributed by atoms with E-state index in [9.17, 15) is 4.79 Å². The number of rotatable bonds is 2. The van der Waals surface area contributed by atoms with Crippen LogP contribution in [0.15, 0.2) is 67.5 Å². The smallest absolute Gasteiger partial charge is 0.309 e. The standard InChI is InChI=1S/C8H12O2.C6H5Cl.C5H4ClN/c1-2-4-7-5-3-6-10-8(7)9;7-6-4-2-1-3-5-6;6-5-2-1-3-7-4-5/h2,7H,1,3-6H2;1-5H;1-4H/t7-;;/m0../s1. The third kappa shape index (κ3) is 9.33. The summed E-state index contributed by atoms with van der Waals surface area (Å²) in [6.07, 6.45) is 7.79. The normalized spacial score (nSPS) is 15.8. The van der Waals surface area contributed by atoms with Gasteiger partial charge in [0.25, 0.3) is 0 Å². The second kappa shape index (κ2) is 12.6. The molecule has 1 aliphatic rings. The third-order valence-corrected chi connectivity index (χ3v) is 3.56. The Bertz CT molecular complexity index is 553. The van der Waals surface area contributed by atoms with Crippen molar-refractivity contribution in [2.24, 2.45) is 5.92 Å². The van der Waals surface area contributed by atoms with E-state index in [-0.39, 0.29) is 11.9 Å². The zero-order chi connectivity index (χ0) is 17.6. The van der Waals surface area contributed by atoms with Crippen molar-refractivity contribution in [1.29, 1.82) is 0 Å². The van der Waals surface area contributed by atoms with Gasteiger partial charge in [0.15, 0.2) is 0 Å². The average Bonchev–Trinajstić information content (AvgIpc) is 2.60. The highest BCUT2D eigenvalue weighted by molar-refractivity contribution is 6.30. The topological polar surface area (TPSA) is 39.2 Å². The molecule has 1 atom stereocenters. The second-order valence-electron chi connectivity index (χ2n) is 5.00. The van der Waals surface area contributed by atoms with E-state index in [1.54, 1.807) is 30.6 Å². The molecule has 0 radical (unpaired) electrons. The van der Waals surface area contributed by atoms with Crippen LogP contribution in [0.4, 0.5) is 0 Å². The Morgan fingerprint density at radius 3 is 2.29 bits per heavy atom. The van der Waals surface area contributed by atoms with Gasteiger partial charge < -0.3 is 4.74 Å². The summed E-state index contributed by atoms with van der Waals surface area (Å²) < 4.78 is 4.86. The van der Waals surface area contributed by atoms with Crippen LogP contribution in [-0.4, -0.2) is 17.6 Å². The minimum absolute atomic E-state index is 0.0499. The van der Waals surface area contributed by atoms with E-state index in [1.807, 2.05) is 30.3 Å². The zero-order valence-corrected chi connectivity index (χ0v) is 14.9. The number of hydrogen-bond acceptors (Lipinski definition) is 3. The fourth-order valence-corrected chi connectivity index (χ4v) is 2.18. The van der Waals surface area contributed by atoms with Crippen molar-refractivity contribution in [3.05, 3.63) is 77.6 Å². The van der Waals surface area contributed by atoms with Crippen LogP contribution in [0.1, 0.15) is 19.3 Å². The molecule has 0 amide bonds. The molecule has 0 unspecified atom stereocenters. The summed E-state index contributed by atoms with van der Waals surface area (Å²) in [5, 5.41) is 1.48. The quantitative estimate of drug-likeness (QED) is 0.514. The van der Waals surface area contributed by atoms with Gasteiger partial charge in [0.1, 0.15) is 0 Å². The van der Waals surface area contributed by atoms with Crippen LogP contribution in [0.5, 0.6) is 0 Å². The first kappa shape index (κ1) is 20.2. The third-order valence-electron chi connectivity index (χ3n) is 3.08. The van der Waals surface area contributed by atoms with E-state index in [1.165, 1.54) is 0 Å². The van der Waals surface area contributed by atoms with Crippen molar-refractivity contribution in [3.8, 4) is 0 Å². The number of carbonyl (C=O) groups is 1. The molecule has 0 saturated carbocycles. The molecule has 1 aliphatic heterocycles. The highest BCUT2D eigenvalue weighted by atomic mass is 35.5. The monoisotopic (exact) mass is 365 g/mol. The average molecular weight is 366 g/mol. The number of hydrogen-bond donors (Lipinski definition) is 0. The van der Waals surface area contributed by atoms with E-state index < -0.39 is 0 Å². The fraction of sp³-hybridized carbons (Fsp3) is 0.263. The van der Waals surface area contributed by atoms with Crippen molar-refractivity contribution < 1.29 is 9.53 Å². The van der Waals surface area contributed by atoms with Crippen LogP contribution < -0.4 is 0 Å². The molecule has 0 bridgehead atoms. The van der Waals surface area contributed by atoms with Gasteiger partial charge in [-0.2, -0.15) is 0 Å². The lowest BCUT2D eigenvalue weighted by atomic mass is 9.98. The van der Waals surface area contributed by atoms with Crippen molar-refractivity contribution in [2.45, 2.75) is 19.3 Å². The van der Waals surface area contributed by atoms with Crippen molar-refractivity contribution >= 4 is 29.2 Å². The SMILES string of the molecule is C=CC[C@H]1CCCOC1=O.Clc1ccccc1.Clc1cccnc1. The minimum Gasteiger partial charge on any atom is -0.465 e. The Hall–Kier alpha value is -1.84. The highest BCUT2D eigenvalue weighted by Gasteiger charge is 2.21. The predicted octanol–water partition coefficient (Wildman–Crippen LogP) is 5.59. The number of benzene rings is 1. The number of ether oxygens (including phenoxy) is 1. The lowest BCUT2D eigenvalue weighted by molar-refractivity contribution is -0.152. The van der Waals surface area contributed by atoms with Crippen LogP contribution >= 0.6 is 23.2 Å². The van der Waals surface area contributed by atoms with Gasteiger partial charge in [-0.1, -0.05) is 47.5 Å². The summed E-state index contributed by atoms with van der Waals surface area (Å²) in [6.45, 7) is 4.19. The summed E-state index contributed by atoms with van der Waals surface area (Å²) in [5.41, 5.74) is 0. The summed E-state index contributed by atoms with van der Waals surface area (Å²) in [6, 6.07) is 13.0. The van der Waals surface area contributed by atoms with Crippen molar-refractivity contribution in [2.75, 3.05) is 6.61 Å². The van der Waals surface area contributed by atoms with Crippen LogP contribution in [0, 0.1) is 5.92 Å². The molecule has 1 saturated heterocycles. The largest absolute Gasteiger partial charge is 0.465 e. The Morgan fingerprint density at radius 1 is 1.17 bits per heavy atom. The van der Waals surface area contributed by atoms with Gasteiger partial charge in [-0.25, -0.2) is 0 Å². The van der Waals surface area contributed by atoms with Gasteiger partial charge >= 0.3 is 5.97 Å². The molecule has 3 nitrogen and oxygen atoms in total. The maximum atomic E-state index is 10.9. The molecule has 0 aliphatic carbocycles. The molecule has 3 rings (SSSR count). The molecule has 1 fully saturated rings. The van der Waals surface area contributed by atoms with E-state index >= 15 is 0 Å². The summed E-state index contributed by atoms with van der Waals surface area (Å²) in [4.78, 5) is 14.7. The first-order chi connectivity index (χ1) is 11.6. The summed E-state index contributed by atoms with van der Waals surface area (Å²) in [7, 11) is 0. The summed E-state index contributed by atoms with van der Waals surface area (Å²) >= 11 is 11.0. The number of cyclic esters (lactones) is 1. The van der Waals surface area contributed by atoms with Crippen molar-refractivity contribution in [3.63, 3.8) is 0 Å².